The summed E-state index contributed by atoms with van der Waals surface area (Å²) < 4.78 is 24.0. The quantitative estimate of drug-likeness (QED) is 0.831. The molecule has 1 aromatic rings. The third kappa shape index (κ3) is 2.88. The number of rotatable bonds is 4. The molecule has 0 aliphatic rings. The maximum atomic E-state index is 12.0. The van der Waals surface area contributed by atoms with Crippen LogP contribution in [0.3, 0.4) is 0 Å². The van der Waals surface area contributed by atoms with Crippen LogP contribution in [0.4, 0.5) is 14.6 Å². The highest BCUT2D eigenvalue weighted by molar-refractivity contribution is 5.94. The highest BCUT2D eigenvalue weighted by atomic mass is 19.3. The van der Waals surface area contributed by atoms with E-state index in [0.29, 0.717) is 11.3 Å². The van der Waals surface area contributed by atoms with Crippen molar-refractivity contribution in [3.8, 4) is 0 Å². The van der Waals surface area contributed by atoms with Crippen molar-refractivity contribution in [2.45, 2.75) is 20.3 Å². The predicted molar refractivity (Wildman–Crippen MR) is 55.2 cm³/mol. The zero-order chi connectivity index (χ0) is 12.3. The number of nitrogens with zero attached hydrogens (tertiary/aromatic N) is 1. The van der Waals surface area contributed by atoms with Crippen molar-refractivity contribution in [3.05, 3.63) is 22.9 Å². The van der Waals surface area contributed by atoms with E-state index in [9.17, 15) is 13.6 Å². The van der Waals surface area contributed by atoms with Crippen molar-refractivity contribution in [3.63, 3.8) is 0 Å². The molecule has 16 heavy (non-hydrogen) atoms. The third-order valence-corrected chi connectivity index (χ3v) is 1.98. The molecule has 6 heteroatoms. The number of anilines is 1. The highest BCUT2D eigenvalue weighted by Gasteiger charge is 2.16. The number of aromatic carboxylic acids is 1. The molecule has 1 rings (SSSR count). The van der Waals surface area contributed by atoms with Crippen LogP contribution in [-0.4, -0.2) is 29.0 Å². The fourth-order valence-corrected chi connectivity index (χ4v) is 1.41. The first-order chi connectivity index (χ1) is 7.41. The van der Waals surface area contributed by atoms with E-state index in [-0.39, 0.29) is 11.4 Å². The molecule has 1 heterocycles. The minimum Gasteiger partial charge on any atom is -0.478 e. The number of aryl methyl sites for hydroxylation is 2. The molecule has 0 fully saturated rings. The predicted octanol–water partition coefficient (Wildman–Crippen LogP) is 2.07. The lowest BCUT2D eigenvalue weighted by Gasteiger charge is -2.11. The van der Waals surface area contributed by atoms with E-state index in [4.69, 9.17) is 5.11 Å². The van der Waals surface area contributed by atoms with E-state index in [2.05, 4.69) is 10.3 Å². The Kier molecular flexibility index (Phi) is 3.76. The van der Waals surface area contributed by atoms with Crippen molar-refractivity contribution in [2.75, 3.05) is 11.9 Å². The molecule has 0 aliphatic carbocycles. The number of aromatic nitrogens is 1. The van der Waals surface area contributed by atoms with Gasteiger partial charge in [0.2, 0.25) is 0 Å². The number of hydrogen-bond donors (Lipinski definition) is 2. The van der Waals surface area contributed by atoms with Gasteiger partial charge in [0.25, 0.3) is 6.43 Å². The Bertz CT molecular complexity index is 408. The zero-order valence-electron chi connectivity index (χ0n) is 8.92. The first-order valence-electron chi connectivity index (χ1n) is 4.65. The number of alkyl halides is 2. The van der Waals surface area contributed by atoms with Crippen LogP contribution in [-0.2, 0) is 0 Å². The van der Waals surface area contributed by atoms with Crippen molar-refractivity contribution >= 4 is 11.8 Å². The summed E-state index contributed by atoms with van der Waals surface area (Å²) >= 11 is 0. The summed E-state index contributed by atoms with van der Waals surface area (Å²) in [5.41, 5.74) is 1.02. The lowest BCUT2D eigenvalue weighted by Crippen LogP contribution is -2.16. The number of carboxylic acids is 1. The van der Waals surface area contributed by atoms with E-state index < -0.39 is 18.9 Å². The normalized spacial score (nSPS) is 10.6. The Hall–Kier alpha value is -1.72. The van der Waals surface area contributed by atoms with Gasteiger partial charge < -0.3 is 10.4 Å². The largest absolute Gasteiger partial charge is 0.478 e. The number of hydrogen-bond acceptors (Lipinski definition) is 3. The standard InChI is InChI=1S/C10H12F2N2O2/c1-5-3-6(2)14-9(8(5)10(15)16)13-4-7(11)12/h3,7H,4H2,1-2H3,(H,13,14)(H,15,16). The van der Waals surface area contributed by atoms with E-state index in [1.54, 1.807) is 19.9 Å². The number of carbonyl (C=O) groups is 1. The van der Waals surface area contributed by atoms with Gasteiger partial charge in [-0.2, -0.15) is 0 Å². The van der Waals surface area contributed by atoms with Crippen molar-refractivity contribution in [1.29, 1.82) is 0 Å². The summed E-state index contributed by atoms with van der Waals surface area (Å²) in [6.45, 7) is 2.66. The fraction of sp³-hybridized carbons (Fsp3) is 0.400. The molecule has 0 saturated heterocycles. The average molecular weight is 230 g/mol. The van der Waals surface area contributed by atoms with Crippen LogP contribution in [0.15, 0.2) is 6.07 Å². The van der Waals surface area contributed by atoms with Gasteiger partial charge in [0.15, 0.2) is 0 Å². The highest BCUT2D eigenvalue weighted by Crippen LogP contribution is 2.18. The summed E-state index contributed by atoms with van der Waals surface area (Å²) in [5.74, 6) is -1.19. The second-order valence-corrected chi connectivity index (χ2v) is 3.38. The first-order valence-corrected chi connectivity index (χ1v) is 4.65. The molecule has 0 unspecified atom stereocenters. The summed E-state index contributed by atoms with van der Waals surface area (Å²) in [4.78, 5) is 14.8. The van der Waals surface area contributed by atoms with Crippen LogP contribution < -0.4 is 5.32 Å². The van der Waals surface area contributed by atoms with Crippen LogP contribution in [0.1, 0.15) is 21.6 Å². The van der Waals surface area contributed by atoms with Gasteiger partial charge in [-0.1, -0.05) is 0 Å². The molecule has 0 amide bonds. The summed E-state index contributed by atoms with van der Waals surface area (Å²) in [7, 11) is 0. The number of pyridine rings is 1. The smallest absolute Gasteiger partial charge is 0.339 e. The zero-order valence-corrected chi connectivity index (χ0v) is 8.92. The molecule has 4 nitrogen and oxygen atoms in total. The maximum Gasteiger partial charge on any atom is 0.339 e. The number of halogens is 2. The average Bonchev–Trinajstić information content (AvgIpc) is 2.12. The van der Waals surface area contributed by atoms with Gasteiger partial charge in [-0.25, -0.2) is 18.6 Å². The molecule has 1 aromatic heterocycles. The van der Waals surface area contributed by atoms with Crippen LogP contribution in [0.2, 0.25) is 0 Å². The molecule has 0 saturated carbocycles. The number of carboxylic acid groups (broad SMARTS) is 1. The van der Waals surface area contributed by atoms with Gasteiger partial charge in [-0.3, -0.25) is 0 Å². The second kappa shape index (κ2) is 4.87. The lowest BCUT2D eigenvalue weighted by molar-refractivity contribution is 0.0696. The fourth-order valence-electron chi connectivity index (χ4n) is 1.41. The van der Waals surface area contributed by atoms with Crippen molar-refractivity contribution in [2.24, 2.45) is 0 Å². The molecule has 0 spiro atoms. The molecule has 0 aromatic carbocycles. The van der Waals surface area contributed by atoms with Gasteiger partial charge in [0.05, 0.1) is 6.54 Å². The minimum absolute atomic E-state index is 0.00898. The van der Waals surface area contributed by atoms with Crippen molar-refractivity contribution < 1.29 is 18.7 Å². The SMILES string of the molecule is Cc1cc(C)c(C(=O)O)c(NCC(F)F)n1. The molecule has 0 atom stereocenters. The van der Waals surface area contributed by atoms with Gasteiger partial charge >= 0.3 is 5.97 Å². The van der Waals surface area contributed by atoms with Gasteiger partial charge in [0.1, 0.15) is 11.4 Å². The molecule has 88 valence electrons. The monoisotopic (exact) mass is 230 g/mol. The Labute approximate surface area is 91.3 Å². The van der Waals surface area contributed by atoms with Gasteiger partial charge in [-0.15, -0.1) is 0 Å². The molecule has 0 bridgehead atoms. The molecular formula is C10H12F2N2O2. The van der Waals surface area contributed by atoms with E-state index in [1.165, 1.54) is 0 Å². The number of nitrogens with one attached hydrogen (secondary N) is 1. The molecular weight excluding hydrogens is 218 g/mol. The van der Waals surface area contributed by atoms with Crippen molar-refractivity contribution in [1.82, 2.24) is 4.98 Å². The Morgan fingerprint density at radius 3 is 2.69 bits per heavy atom. The van der Waals surface area contributed by atoms with E-state index >= 15 is 0 Å². The molecule has 2 N–H and O–H groups in total. The first kappa shape index (κ1) is 12.4. The molecule has 0 radical (unpaired) electrons. The minimum atomic E-state index is -2.55. The lowest BCUT2D eigenvalue weighted by atomic mass is 10.1. The van der Waals surface area contributed by atoms with Gasteiger partial charge in [-0.05, 0) is 25.5 Å². The maximum absolute atomic E-state index is 12.0. The Balaban J connectivity index is 3.09. The van der Waals surface area contributed by atoms with Crippen LogP contribution in [0.25, 0.3) is 0 Å². The van der Waals surface area contributed by atoms with E-state index in [1.807, 2.05) is 0 Å². The van der Waals surface area contributed by atoms with E-state index in [0.717, 1.165) is 0 Å². The Morgan fingerprint density at radius 2 is 2.19 bits per heavy atom. The van der Waals surface area contributed by atoms with Crippen LogP contribution in [0.5, 0.6) is 0 Å². The molecule has 0 aliphatic heterocycles. The summed E-state index contributed by atoms with van der Waals surface area (Å²) in [6, 6.07) is 1.59. The Morgan fingerprint density at radius 1 is 1.56 bits per heavy atom. The third-order valence-electron chi connectivity index (χ3n) is 1.98. The van der Waals surface area contributed by atoms with Crippen LogP contribution in [0, 0.1) is 13.8 Å². The second-order valence-electron chi connectivity index (χ2n) is 3.38. The summed E-state index contributed by atoms with van der Waals surface area (Å²) in [5, 5.41) is 11.3. The van der Waals surface area contributed by atoms with Gasteiger partial charge in [0, 0.05) is 5.69 Å². The topological polar surface area (TPSA) is 62.2 Å². The van der Waals surface area contributed by atoms with Crippen LogP contribution >= 0.6 is 0 Å². The summed E-state index contributed by atoms with van der Waals surface area (Å²) in [6.07, 6.45) is -2.55.